The van der Waals surface area contributed by atoms with Gasteiger partial charge in [-0.25, -0.2) is 19.2 Å². The van der Waals surface area contributed by atoms with E-state index in [2.05, 4.69) is 10.6 Å². The molecule has 31 heavy (non-hydrogen) atoms. The van der Waals surface area contributed by atoms with E-state index in [1.807, 2.05) is 6.26 Å². The molecule has 11 heteroatoms. The van der Waals surface area contributed by atoms with Crippen LogP contribution in [-0.4, -0.2) is 69.6 Å². The number of hydrogen-bond acceptors (Lipinski definition) is 7. The topological polar surface area (TPSA) is 151 Å². The third kappa shape index (κ3) is 18.3. The molecule has 2 atom stereocenters. The summed E-state index contributed by atoms with van der Waals surface area (Å²) in [5.41, 5.74) is -1.24. The normalized spacial score (nSPS) is 13.2. The molecule has 0 unspecified atom stereocenters. The largest absolute Gasteiger partial charge is 0.480 e. The summed E-state index contributed by atoms with van der Waals surface area (Å²) in [5, 5.41) is 22.3. The smallest absolute Gasteiger partial charge is 0.408 e. The minimum Gasteiger partial charge on any atom is -0.480 e. The van der Waals surface area contributed by atoms with Crippen LogP contribution in [0.1, 0.15) is 61.8 Å². The maximum atomic E-state index is 11.3. The number of thioether (sulfide) groups is 1. The molecule has 0 fully saturated rings. The molecule has 0 aromatic carbocycles. The Morgan fingerprint density at radius 2 is 1.26 bits per heavy atom. The summed E-state index contributed by atoms with van der Waals surface area (Å²) in [7, 11) is 0. The minimum atomic E-state index is -1.06. The lowest BCUT2D eigenvalue weighted by Gasteiger charge is -2.23. The molecule has 0 saturated carbocycles. The van der Waals surface area contributed by atoms with Crippen molar-refractivity contribution in [2.45, 2.75) is 85.1 Å². The zero-order chi connectivity index (χ0) is 25.0. The molecule has 0 aliphatic rings. The van der Waals surface area contributed by atoms with Gasteiger partial charge in [0.05, 0.1) is 0 Å². The predicted molar refractivity (Wildman–Crippen MR) is 119 cm³/mol. The van der Waals surface area contributed by atoms with Crippen molar-refractivity contribution < 1.29 is 38.9 Å². The average Bonchev–Trinajstić information content (AvgIpc) is 2.53. The highest BCUT2D eigenvalue weighted by atomic mass is 32.2. The fourth-order valence-corrected chi connectivity index (χ4v) is 2.36. The van der Waals surface area contributed by atoms with Crippen molar-refractivity contribution in [2.24, 2.45) is 5.92 Å². The number of nitrogens with one attached hydrogen (secondary N) is 2. The number of carboxylic acids is 2. The fourth-order valence-electron chi connectivity index (χ4n) is 1.89. The molecule has 4 N–H and O–H groups in total. The van der Waals surface area contributed by atoms with E-state index in [0.717, 1.165) is 0 Å². The first-order valence-electron chi connectivity index (χ1n) is 9.83. The van der Waals surface area contributed by atoms with Crippen molar-refractivity contribution >= 4 is 35.9 Å². The van der Waals surface area contributed by atoms with Gasteiger partial charge in [-0.15, -0.1) is 0 Å². The summed E-state index contributed by atoms with van der Waals surface area (Å²) in [4.78, 5) is 44.2. The lowest BCUT2D eigenvalue weighted by molar-refractivity contribution is -0.141. The van der Waals surface area contributed by atoms with Gasteiger partial charge in [0, 0.05) is 0 Å². The molecule has 0 bridgehead atoms. The number of carbonyl (C=O) groups excluding carboxylic acids is 2. The maximum Gasteiger partial charge on any atom is 0.408 e. The number of aliphatic carboxylic acids is 2. The summed E-state index contributed by atoms with van der Waals surface area (Å²) in [6.07, 6.45) is 0.867. The Labute approximate surface area is 188 Å². The van der Waals surface area contributed by atoms with E-state index in [1.54, 1.807) is 55.4 Å². The third-order valence-corrected chi connectivity index (χ3v) is 3.85. The van der Waals surface area contributed by atoms with Crippen LogP contribution in [0.2, 0.25) is 0 Å². The Bertz CT molecular complexity index is 597. The Hall–Kier alpha value is -2.17. The molecule has 0 aromatic rings. The molecule has 10 nitrogen and oxygen atoms in total. The first-order chi connectivity index (χ1) is 13.9. The van der Waals surface area contributed by atoms with Crippen LogP contribution < -0.4 is 10.6 Å². The highest BCUT2D eigenvalue weighted by molar-refractivity contribution is 7.98. The summed E-state index contributed by atoms with van der Waals surface area (Å²) in [6.45, 7) is 13.8. The van der Waals surface area contributed by atoms with Gasteiger partial charge in [-0.2, -0.15) is 11.8 Å². The van der Waals surface area contributed by atoms with Crippen LogP contribution in [0.25, 0.3) is 0 Å². The van der Waals surface area contributed by atoms with Crippen LogP contribution >= 0.6 is 11.8 Å². The molecule has 0 radical (unpaired) electrons. The number of alkyl carbamates (subject to hydrolysis) is 2. The SMILES string of the molecule is CC(C)[C@H](NC(=O)OC(C)(C)C)C(=O)O.CSCC[C@H](NC(=O)OC(C)(C)C)C(=O)O. The second-order valence-corrected chi connectivity index (χ2v) is 10.0. The Morgan fingerprint density at radius 1 is 0.839 bits per heavy atom. The number of carboxylic acid groups (broad SMARTS) is 2. The zero-order valence-electron chi connectivity index (χ0n) is 19.9. The summed E-state index contributed by atoms with van der Waals surface area (Å²) < 4.78 is 9.93. The average molecular weight is 467 g/mol. The van der Waals surface area contributed by atoms with Gasteiger partial charge in [0.15, 0.2) is 0 Å². The highest BCUT2D eigenvalue weighted by Crippen LogP contribution is 2.09. The van der Waals surface area contributed by atoms with Crippen LogP contribution in [0.5, 0.6) is 0 Å². The second-order valence-electron chi connectivity index (χ2n) is 9.02. The van der Waals surface area contributed by atoms with Gasteiger partial charge in [-0.05, 0) is 65.9 Å². The van der Waals surface area contributed by atoms with Crippen molar-refractivity contribution in [1.29, 1.82) is 0 Å². The number of amides is 2. The lowest BCUT2D eigenvalue weighted by atomic mass is 10.1. The van der Waals surface area contributed by atoms with E-state index in [0.29, 0.717) is 12.2 Å². The molecule has 0 aromatic heterocycles. The molecule has 0 saturated heterocycles. The van der Waals surface area contributed by atoms with Gasteiger partial charge in [-0.1, -0.05) is 13.8 Å². The Morgan fingerprint density at radius 3 is 1.55 bits per heavy atom. The summed E-state index contributed by atoms with van der Waals surface area (Å²) in [6, 6.07) is -1.80. The number of rotatable bonds is 8. The molecule has 0 aliphatic heterocycles. The second kappa shape index (κ2) is 14.0. The molecule has 0 aliphatic carbocycles. The Kier molecular flexibility index (Phi) is 14.0. The highest BCUT2D eigenvalue weighted by Gasteiger charge is 2.26. The van der Waals surface area contributed by atoms with E-state index >= 15 is 0 Å². The summed E-state index contributed by atoms with van der Waals surface area (Å²) in [5.74, 6) is -1.61. The first-order valence-corrected chi connectivity index (χ1v) is 11.2. The molecule has 0 rings (SSSR count). The van der Waals surface area contributed by atoms with Crippen molar-refractivity contribution in [1.82, 2.24) is 10.6 Å². The molecule has 0 heterocycles. The molecule has 182 valence electrons. The maximum absolute atomic E-state index is 11.3. The van der Waals surface area contributed by atoms with Crippen LogP contribution in [0.4, 0.5) is 9.59 Å². The minimum absolute atomic E-state index is 0.185. The van der Waals surface area contributed by atoms with E-state index in [4.69, 9.17) is 19.7 Å². The number of ether oxygens (including phenoxy) is 2. The van der Waals surface area contributed by atoms with Gasteiger partial charge >= 0.3 is 24.1 Å². The molecular formula is C20H38N2O8S. The molecule has 0 spiro atoms. The predicted octanol–water partition coefficient (Wildman–Crippen LogP) is 3.34. The number of carbonyl (C=O) groups is 4. The van der Waals surface area contributed by atoms with Gasteiger partial charge in [0.25, 0.3) is 0 Å². The van der Waals surface area contributed by atoms with Crippen molar-refractivity contribution in [3.8, 4) is 0 Å². The van der Waals surface area contributed by atoms with Crippen LogP contribution in [0, 0.1) is 5.92 Å². The molecule has 2 amide bonds. The lowest BCUT2D eigenvalue weighted by Crippen LogP contribution is -2.46. The van der Waals surface area contributed by atoms with E-state index in [-0.39, 0.29) is 5.92 Å². The molecular weight excluding hydrogens is 428 g/mol. The van der Waals surface area contributed by atoms with Gasteiger partial charge in [-0.3, -0.25) is 0 Å². The van der Waals surface area contributed by atoms with Crippen molar-refractivity contribution in [2.75, 3.05) is 12.0 Å². The van der Waals surface area contributed by atoms with E-state index < -0.39 is 47.4 Å². The standard InChI is InChI=1S/C10H19NO4S.C10H19NO4/c1-10(2,3)15-9(14)11-7(8(12)13)5-6-16-4;1-6(2)7(8(12)13)11-9(14)15-10(3,4)5/h7H,5-6H2,1-4H3,(H,11,14)(H,12,13);6-7H,1-5H3,(H,11,14)(H,12,13)/t2*7-/m00/s1. The van der Waals surface area contributed by atoms with Crippen molar-refractivity contribution in [3.63, 3.8) is 0 Å². The van der Waals surface area contributed by atoms with Gasteiger partial charge in [0.1, 0.15) is 23.3 Å². The van der Waals surface area contributed by atoms with E-state index in [1.165, 1.54) is 11.8 Å². The Balaban J connectivity index is 0. The number of hydrogen-bond donors (Lipinski definition) is 4. The van der Waals surface area contributed by atoms with Crippen LogP contribution in [0.15, 0.2) is 0 Å². The van der Waals surface area contributed by atoms with Crippen molar-refractivity contribution in [3.05, 3.63) is 0 Å². The fraction of sp³-hybridized carbons (Fsp3) is 0.800. The van der Waals surface area contributed by atoms with E-state index in [9.17, 15) is 19.2 Å². The van der Waals surface area contributed by atoms with Crippen LogP contribution in [-0.2, 0) is 19.1 Å². The third-order valence-electron chi connectivity index (χ3n) is 3.20. The van der Waals surface area contributed by atoms with Crippen LogP contribution in [0.3, 0.4) is 0 Å². The summed E-state index contributed by atoms with van der Waals surface area (Å²) >= 11 is 1.53. The first kappa shape index (κ1) is 31.0. The monoisotopic (exact) mass is 466 g/mol. The zero-order valence-corrected chi connectivity index (χ0v) is 20.7. The van der Waals surface area contributed by atoms with Gasteiger partial charge in [0.2, 0.25) is 0 Å². The van der Waals surface area contributed by atoms with Gasteiger partial charge < -0.3 is 30.3 Å². The quantitative estimate of drug-likeness (QED) is 0.422.